The van der Waals surface area contributed by atoms with Crippen molar-refractivity contribution in [1.29, 1.82) is 0 Å². The molecule has 1 heteroatoms. The Labute approximate surface area is 118 Å². The molecule has 0 atom stereocenters. The van der Waals surface area contributed by atoms with Crippen LogP contribution in [0.1, 0.15) is 77.0 Å². The fourth-order valence-electron chi connectivity index (χ4n) is 7.12. The first kappa shape index (κ1) is 12.7. The fourth-order valence-corrected chi connectivity index (χ4v) is 7.12. The van der Waals surface area contributed by atoms with E-state index in [1.165, 1.54) is 38.5 Å². The summed E-state index contributed by atoms with van der Waals surface area (Å²) in [5.41, 5.74) is 7.65. The molecule has 4 bridgehead atoms. The molecule has 5 fully saturated rings. The molecule has 2 N–H and O–H groups in total. The molecule has 0 aromatic carbocycles. The van der Waals surface area contributed by atoms with E-state index in [4.69, 9.17) is 5.73 Å². The van der Waals surface area contributed by atoms with E-state index in [0.29, 0.717) is 10.8 Å². The highest BCUT2D eigenvalue weighted by Crippen LogP contribution is 2.68. The Morgan fingerprint density at radius 3 is 1.63 bits per heavy atom. The fraction of sp³-hybridized carbons (Fsp3) is 1.00. The van der Waals surface area contributed by atoms with E-state index in [2.05, 4.69) is 0 Å². The van der Waals surface area contributed by atoms with Crippen molar-refractivity contribution in [3.63, 3.8) is 0 Å². The first-order chi connectivity index (χ1) is 9.25. The monoisotopic (exact) mass is 261 g/mol. The van der Waals surface area contributed by atoms with Gasteiger partial charge in [-0.05, 0) is 86.5 Å². The Morgan fingerprint density at radius 1 is 0.737 bits per heavy atom. The summed E-state index contributed by atoms with van der Waals surface area (Å²) in [5, 5.41) is 0. The van der Waals surface area contributed by atoms with Gasteiger partial charge in [-0.15, -0.1) is 0 Å². The Kier molecular flexibility index (Phi) is 2.99. The van der Waals surface area contributed by atoms with Crippen molar-refractivity contribution in [2.45, 2.75) is 77.0 Å². The van der Waals surface area contributed by atoms with E-state index in [0.717, 1.165) is 24.3 Å². The van der Waals surface area contributed by atoms with Crippen molar-refractivity contribution in [3.8, 4) is 0 Å². The molecule has 0 amide bonds. The summed E-state index contributed by atoms with van der Waals surface area (Å²) in [7, 11) is 0. The molecule has 0 heterocycles. The number of hydrogen-bond acceptors (Lipinski definition) is 1. The van der Waals surface area contributed by atoms with Crippen molar-refractivity contribution in [2.75, 3.05) is 6.54 Å². The highest BCUT2D eigenvalue weighted by atomic mass is 14.7. The van der Waals surface area contributed by atoms with Gasteiger partial charge in [0.25, 0.3) is 0 Å². The van der Waals surface area contributed by atoms with Gasteiger partial charge in [0.2, 0.25) is 0 Å². The van der Waals surface area contributed by atoms with Crippen LogP contribution in [0.2, 0.25) is 0 Å². The lowest BCUT2D eigenvalue weighted by Crippen LogP contribution is -2.57. The molecule has 0 aromatic heterocycles. The van der Waals surface area contributed by atoms with E-state index < -0.39 is 0 Å². The van der Waals surface area contributed by atoms with Crippen LogP contribution in [-0.2, 0) is 0 Å². The number of rotatable bonds is 2. The molecule has 5 rings (SSSR count). The van der Waals surface area contributed by atoms with Crippen LogP contribution in [0.4, 0.5) is 0 Å². The van der Waals surface area contributed by atoms with Crippen molar-refractivity contribution in [1.82, 2.24) is 0 Å². The average Bonchev–Trinajstić information content (AvgIpc) is 2.63. The van der Waals surface area contributed by atoms with Crippen molar-refractivity contribution in [2.24, 2.45) is 34.3 Å². The predicted octanol–water partition coefficient (Wildman–Crippen LogP) is 4.50. The molecule has 19 heavy (non-hydrogen) atoms. The summed E-state index contributed by atoms with van der Waals surface area (Å²) in [4.78, 5) is 0. The SMILES string of the molecule is NCC1(C23CC4CC(CC(C4)C2)C3)CCCCCC1. The van der Waals surface area contributed by atoms with Gasteiger partial charge in [-0.1, -0.05) is 25.7 Å². The molecule has 5 aliphatic carbocycles. The smallest absolute Gasteiger partial charge is 0.00152 e. The molecule has 108 valence electrons. The third-order valence-corrected chi connectivity index (χ3v) is 7.61. The lowest BCUT2D eigenvalue weighted by molar-refractivity contribution is -0.134. The third kappa shape index (κ3) is 1.83. The second-order valence-corrected chi connectivity index (χ2v) is 8.60. The van der Waals surface area contributed by atoms with Crippen LogP contribution in [0.25, 0.3) is 0 Å². The second kappa shape index (κ2) is 4.48. The standard InChI is InChI=1S/C18H31N/c19-13-17(5-3-1-2-4-6-17)18-10-14-7-15(11-18)9-16(8-14)12-18/h14-16H,1-13,19H2. The van der Waals surface area contributed by atoms with E-state index >= 15 is 0 Å². The first-order valence-corrected chi connectivity index (χ1v) is 8.95. The van der Waals surface area contributed by atoms with Crippen LogP contribution < -0.4 is 5.73 Å². The van der Waals surface area contributed by atoms with Crippen molar-refractivity contribution < 1.29 is 0 Å². The van der Waals surface area contributed by atoms with Gasteiger partial charge in [0.15, 0.2) is 0 Å². The van der Waals surface area contributed by atoms with Gasteiger partial charge in [-0.2, -0.15) is 0 Å². The maximum absolute atomic E-state index is 6.43. The highest BCUT2D eigenvalue weighted by Gasteiger charge is 2.59. The molecule has 0 aliphatic heterocycles. The molecule has 5 aliphatic rings. The molecule has 0 spiro atoms. The maximum Gasteiger partial charge on any atom is -0.00152 e. The zero-order valence-corrected chi connectivity index (χ0v) is 12.5. The summed E-state index contributed by atoms with van der Waals surface area (Å²) < 4.78 is 0. The minimum Gasteiger partial charge on any atom is -0.330 e. The number of nitrogens with two attached hydrogens (primary N) is 1. The zero-order valence-electron chi connectivity index (χ0n) is 12.5. The molecule has 0 aromatic rings. The van der Waals surface area contributed by atoms with Crippen LogP contribution in [-0.4, -0.2) is 6.54 Å². The summed E-state index contributed by atoms with van der Waals surface area (Å²) in [6.45, 7) is 0.985. The second-order valence-electron chi connectivity index (χ2n) is 8.60. The maximum atomic E-state index is 6.43. The summed E-state index contributed by atoms with van der Waals surface area (Å²) >= 11 is 0. The van der Waals surface area contributed by atoms with Crippen LogP contribution in [0.5, 0.6) is 0 Å². The summed E-state index contributed by atoms with van der Waals surface area (Å²) in [5.74, 6) is 3.24. The molecular formula is C18H31N. The molecular weight excluding hydrogens is 230 g/mol. The summed E-state index contributed by atoms with van der Waals surface area (Å²) in [6.07, 6.45) is 18.1. The van der Waals surface area contributed by atoms with Gasteiger partial charge in [-0.3, -0.25) is 0 Å². The number of hydrogen-bond donors (Lipinski definition) is 1. The predicted molar refractivity (Wildman–Crippen MR) is 79.8 cm³/mol. The highest BCUT2D eigenvalue weighted by molar-refractivity contribution is 5.09. The zero-order chi connectivity index (χ0) is 12.9. The quantitative estimate of drug-likeness (QED) is 0.728. The largest absolute Gasteiger partial charge is 0.330 e. The van der Waals surface area contributed by atoms with Crippen molar-refractivity contribution >= 4 is 0 Å². The molecule has 0 radical (unpaired) electrons. The molecule has 0 saturated heterocycles. The van der Waals surface area contributed by atoms with Gasteiger partial charge in [0.1, 0.15) is 0 Å². The Hall–Kier alpha value is -0.0400. The normalized spacial score (nSPS) is 48.2. The Morgan fingerprint density at radius 2 is 1.21 bits per heavy atom. The molecule has 0 unspecified atom stereocenters. The van der Waals surface area contributed by atoms with E-state index in [1.807, 2.05) is 0 Å². The third-order valence-electron chi connectivity index (χ3n) is 7.61. The Balaban J connectivity index is 1.68. The van der Waals surface area contributed by atoms with Gasteiger partial charge in [-0.25, -0.2) is 0 Å². The van der Waals surface area contributed by atoms with Gasteiger partial charge in [0.05, 0.1) is 0 Å². The van der Waals surface area contributed by atoms with Crippen LogP contribution in [0.15, 0.2) is 0 Å². The minimum absolute atomic E-state index is 0.541. The van der Waals surface area contributed by atoms with E-state index in [9.17, 15) is 0 Å². The first-order valence-electron chi connectivity index (χ1n) is 8.95. The topological polar surface area (TPSA) is 26.0 Å². The summed E-state index contributed by atoms with van der Waals surface area (Å²) in [6, 6.07) is 0. The van der Waals surface area contributed by atoms with Gasteiger partial charge in [0, 0.05) is 0 Å². The Bertz CT molecular complexity index is 302. The van der Waals surface area contributed by atoms with E-state index in [-0.39, 0.29) is 0 Å². The minimum atomic E-state index is 0.541. The lowest BCUT2D eigenvalue weighted by Gasteiger charge is -2.64. The van der Waals surface area contributed by atoms with Crippen LogP contribution in [0, 0.1) is 28.6 Å². The van der Waals surface area contributed by atoms with E-state index in [1.54, 1.807) is 38.5 Å². The van der Waals surface area contributed by atoms with Crippen LogP contribution >= 0.6 is 0 Å². The van der Waals surface area contributed by atoms with Crippen molar-refractivity contribution in [3.05, 3.63) is 0 Å². The molecule has 5 saturated carbocycles. The van der Waals surface area contributed by atoms with Gasteiger partial charge >= 0.3 is 0 Å². The van der Waals surface area contributed by atoms with Gasteiger partial charge < -0.3 is 5.73 Å². The van der Waals surface area contributed by atoms with Crippen LogP contribution in [0.3, 0.4) is 0 Å². The lowest BCUT2D eigenvalue weighted by atomic mass is 9.41. The molecule has 1 nitrogen and oxygen atoms in total. The average molecular weight is 261 g/mol.